The molecule has 0 saturated heterocycles. The quantitative estimate of drug-likeness (QED) is 0.498. The zero-order valence-electron chi connectivity index (χ0n) is 17.5. The third-order valence-electron chi connectivity index (χ3n) is 5.14. The second-order valence-electron chi connectivity index (χ2n) is 7.38. The maximum Gasteiger partial charge on any atom is 0.272 e. The summed E-state index contributed by atoms with van der Waals surface area (Å²) in [6, 6.07) is 18.7. The predicted octanol–water partition coefficient (Wildman–Crippen LogP) is 4.94. The number of benzene rings is 3. The fourth-order valence-electron chi connectivity index (χ4n) is 3.51. The molecule has 3 aromatic rings. The highest BCUT2D eigenvalue weighted by Crippen LogP contribution is 2.31. The normalized spacial score (nSPS) is 15.4. The largest absolute Gasteiger partial charge is 0.359 e. The first-order valence-electron chi connectivity index (χ1n) is 10.0. The van der Waals surface area contributed by atoms with Crippen molar-refractivity contribution in [2.24, 2.45) is 4.99 Å². The number of amides is 1. The van der Waals surface area contributed by atoms with E-state index in [0.29, 0.717) is 38.1 Å². The van der Waals surface area contributed by atoms with E-state index in [-0.39, 0.29) is 23.4 Å². The van der Waals surface area contributed by atoms with Crippen LogP contribution in [0.3, 0.4) is 0 Å². The molecular weight excluding hydrogens is 482 g/mol. The van der Waals surface area contributed by atoms with Gasteiger partial charge in [0.15, 0.2) is 5.11 Å². The first kappa shape index (κ1) is 23.2. The van der Waals surface area contributed by atoms with Crippen molar-refractivity contribution in [1.29, 1.82) is 0 Å². The van der Waals surface area contributed by atoms with E-state index in [1.54, 1.807) is 43.4 Å². The molecule has 0 aliphatic carbocycles. The lowest BCUT2D eigenvalue weighted by Crippen LogP contribution is -2.49. The van der Waals surface area contributed by atoms with E-state index in [0.717, 1.165) is 0 Å². The molecule has 0 fully saturated rings. The molecule has 1 unspecified atom stereocenters. The Morgan fingerprint density at radius 3 is 2.64 bits per heavy atom. The number of thiocarbonyl (C=S) groups is 1. The molecule has 168 valence electrons. The molecule has 4 rings (SSSR count). The lowest BCUT2D eigenvalue weighted by Gasteiger charge is -2.22. The number of likely N-dealkylation sites (N-methyl/N-ethyl adjacent to an activating group) is 1. The van der Waals surface area contributed by atoms with Gasteiger partial charge in [-0.15, -0.1) is 0 Å². The van der Waals surface area contributed by atoms with E-state index >= 15 is 0 Å². The standard InChI is InChI=1S/C24H19Cl2FN4OS/c1-31-20-10-9-15(25)12-18(20)21(17-7-2-3-8-19(17)26)29-22(23(31)32)30-24(33)28-13-14-5-4-6-16(27)11-14/h2-12,22H,13H2,1H3,(H2,28,30,33). The summed E-state index contributed by atoms with van der Waals surface area (Å²) in [4.78, 5) is 19.5. The summed E-state index contributed by atoms with van der Waals surface area (Å²) < 4.78 is 13.4. The summed E-state index contributed by atoms with van der Waals surface area (Å²) in [7, 11) is 1.66. The van der Waals surface area contributed by atoms with Crippen molar-refractivity contribution in [2.45, 2.75) is 12.7 Å². The molecule has 9 heteroatoms. The van der Waals surface area contributed by atoms with Gasteiger partial charge in [0.25, 0.3) is 5.91 Å². The highest BCUT2D eigenvalue weighted by atomic mass is 35.5. The molecule has 1 heterocycles. The highest BCUT2D eigenvalue weighted by molar-refractivity contribution is 7.80. The first-order valence-corrected chi connectivity index (χ1v) is 11.2. The van der Waals surface area contributed by atoms with Gasteiger partial charge in [-0.1, -0.05) is 53.5 Å². The van der Waals surface area contributed by atoms with Crippen LogP contribution in [-0.2, 0) is 11.3 Å². The summed E-state index contributed by atoms with van der Waals surface area (Å²) in [6.45, 7) is 0.289. The minimum atomic E-state index is -1.01. The molecule has 1 aliphatic heterocycles. The van der Waals surface area contributed by atoms with Crippen LogP contribution in [0.25, 0.3) is 0 Å². The maximum absolute atomic E-state index is 13.4. The third kappa shape index (κ3) is 5.16. The van der Waals surface area contributed by atoms with Gasteiger partial charge in [-0.3, -0.25) is 4.79 Å². The van der Waals surface area contributed by atoms with Gasteiger partial charge in [0.05, 0.1) is 11.4 Å². The summed E-state index contributed by atoms with van der Waals surface area (Å²) in [5, 5.41) is 7.16. The van der Waals surface area contributed by atoms with Gasteiger partial charge in [-0.25, -0.2) is 9.38 Å². The van der Waals surface area contributed by atoms with E-state index in [4.69, 9.17) is 40.4 Å². The van der Waals surface area contributed by atoms with Gasteiger partial charge in [0, 0.05) is 34.8 Å². The third-order valence-corrected chi connectivity index (χ3v) is 5.96. The van der Waals surface area contributed by atoms with Gasteiger partial charge >= 0.3 is 0 Å². The second-order valence-corrected chi connectivity index (χ2v) is 8.63. The zero-order chi connectivity index (χ0) is 23.5. The van der Waals surface area contributed by atoms with Gasteiger partial charge in [0.2, 0.25) is 6.17 Å². The molecule has 0 spiro atoms. The average Bonchev–Trinajstić information content (AvgIpc) is 2.88. The molecule has 3 aromatic carbocycles. The van der Waals surface area contributed by atoms with Crippen molar-refractivity contribution in [3.05, 3.63) is 99.3 Å². The lowest BCUT2D eigenvalue weighted by atomic mass is 10.00. The van der Waals surface area contributed by atoms with Crippen LogP contribution in [0.5, 0.6) is 0 Å². The predicted molar refractivity (Wildman–Crippen MR) is 135 cm³/mol. The number of hydrogen-bond acceptors (Lipinski definition) is 3. The number of nitrogens with one attached hydrogen (secondary N) is 2. The topological polar surface area (TPSA) is 56.7 Å². The van der Waals surface area contributed by atoms with Crippen LogP contribution in [0.1, 0.15) is 16.7 Å². The Balaban J connectivity index is 1.67. The Morgan fingerprint density at radius 2 is 1.88 bits per heavy atom. The van der Waals surface area contributed by atoms with Crippen molar-refractivity contribution < 1.29 is 9.18 Å². The molecule has 1 atom stereocenters. The number of carbonyl (C=O) groups excluding carboxylic acids is 1. The van der Waals surface area contributed by atoms with E-state index < -0.39 is 6.17 Å². The highest BCUT2D eigenvalue weighted by Gasteiger charge is 2.31. The van der Waals surface area contributed by atoms with E-state index in [1.165, 1.54) is 17.0 Å². The second kappa shape index (κ2) is 9.87. The monoisotopic (exact) mass is 500 g/mol. The number of aliphatic imine (C=N–C) groups is 1. The first-order chi connectivity index (χ1) is 15.8. The molecule has 2 N–H and O–H groups in total. The molecule has 1 aliphatic rings. The number of benzodiazepines with no additional fused rings is 1. The minimum absolute atomic E-state index is 0.206. The number of nitrogens with zero attached hydrogens (tertiary/aromatic N) is 2. The summed E-state index contributed by atoms with van der Waals surface area (Å²) in [5.74, 6) is -0.644. The van der Waals surface area contributed by atoms with Crippen LogP contribution in [0, 0.1) is 5.82 Å². The Kier molecular flexibility index (Phi) is 6.93. The number of rotatable bonds is 4. The zero-order valence-corrected chi connectivity index (χ0v) is 19.8. The van der Waals surface area contributed by atoms with Gasteiger partial charge < -0.3 is 15.5 Å². The van der Waals surface area contributed by atoms with E-state index in [9.17, 15) is 9.18 Å². The van der Waals surface area contributed by atoms with Gasteiger partial charge in [0.1, 0.15) is 5.82 Å². The molecule has 0 bridgehead atoms. The van der Waals surface area contributed by atoms with Crippen molar-refractivity contribution in [2.75, 3.05) is 11.9 Å². The molecule has 0 radical (unpaired) electrons. The number of halogens is 3. The Labute approximate surface area is 206 Å². The van der Waals surface area contributed by atoms with E-state index in [1.807, 2.05) is 18.2 Å². The SMILES string of the molecule is CN1C(=O)C(NC(=S)NCc2cccc(F)c2)N=C(c2ccccc2Cl)c2cc(Cl)ccc21. The van der Waals surface area contributed by atoms with Crippen molar-refractivity contribution in [3.8, 4) is 0 Å². The number of fused-ring (bicyclic) bond motifs is 1. The number of anilines is 1. The smallest absolute Gasteiger partial charge is 0.272 e. The molecular formula is C24H19Cl2FN4OS. The summed E-state index contributed by atoms with van der Waals surface area (Å²) >= 11 is 18.1. The fraction of sp³-hybridized carbons (Fsp3) is 0.125. The van der Waals surface area contributed by atoms with Gasteiger partial charge in [-0.05, 0) is 54.2 Å². The Morgan fingerprint density at radius 1 is 1.09 bits per heavy atom. The summed E-state index contributed by atoms with van der Waals surface area (Å²) in [5.41, 5.74) is 3.21. The van der Waals surface area contributed by atoms with Crippen molar-refractivity contribution in [1.82, 2.24) is 10.6 Å². The average molecular weight is 501 g/mol. The Bertz CT molecular complexity index is 1270. The van der Waals surface area contributed by atoms with Crippen LogP contribution in [0.15, 0.2) is 71.7 Å². The summed E-state index contributed by atoms with van der Waals surface area (Å²) in [6.07, 6.45) is -1.01. The van der Waals surface area contributed by atoms with Crippen LogP contribution in [0.4, 0.5) is 10.1 Å². The van der Waals surface area contributed by atoms with Crippen LogP contribution >= 0.6 is 35.4 Å². The lowest BCUT2D eigenvalue weighted by molar-refractivity contribution is -0.119. The maximum atomic E-state index is 13.4. The fourth-order valence-corrected chi connectivity index (χ4v) is 4.09. The van der Waals surface area contributed by atoms with Gasteiger partial charge in [-0.2, -0.15) is 0 Å². The number of hydrogen-bond donors (Lipinski definition) is 2. The molecule has 33 heavy (non-hydrogen) atoms. The van der Waals surface area contributed by atoms with Crippen LogP contribution in [-0.4, -0.2) is 29.9 Å². The number of carbonyl (C=O) groups is 1. The van der Waals surface area contributed by atoms with Crippen molar-refractivity contribution >= 4 is 57.8 Å². The Hall–Kier alpha value is -3.00. The molecule has 0 saturated carbocycles. The van der Waals surface area contributed by atoms with Crippen LogP contribution < -0.4 is 15.5 Å². The van der Waals surface area contributed by atoms with Crippen molar-refractivity contribution in [3.63, 3.8) is 0 Å². The van der Waals surface area contributed by atoms with Crippen LogP contribution in [0.2, 0.25) is 10.0 Å². The van der Waals surface area contributed by atoms with E-state index in [2.05, 4.69) is 10.6 Å². The molecule has 0 aromatic heterocycles. The minimum Gasteiger partial charge on any atom is -0.359 e. The molecule has 1 amide bonds. The molecule has 5 nitrogen and oxygen atoms in total.